The first-order valence-electron chi connectivity index (χ1n) is 8.25. The molecule has 8 heteroatoms. The molecule has 0 saturated carbocycles. The molecular weight excluding hydrogens is 364 g/mol. The normalized spacial score (nSPS) is 17.9. The van der Waals surface area contributed by atoms with Gasteiger partial charge in [0.05, 0.1) is 6.61 Å². The minimum Gasteiger partial charge on any atom is -0.443 e. The Labute approximate surface area is 152 Å². The summed E-state index contributed by atoms with van der Waals surface area (Å²) in [5.41, 5.74) is 0.878. The van der Waals surface area contributed by atoms with Crippen LogP contribution in [0.4, 0.5) is 0 Å². The van der Waals surface area contributed by atoms with E-state index in [1.807, 2.05) is 0 Å². The summed E-state index contributed by atoms with van der Waals surface area (Å²) in [6.45, 7) is 4.28. The molecule has 6 nitrogen and oxygen atoms in total. The quantitative estimate of drug-likeness (QED) is 0.797. The van der Waals surface area contributed by atoms with Crippen LogP contribution in [0.2, 0.25) is 5.02 Å². The molecular formula is C17H23ClN2O4S. The molecule has 2 N–H and O–H groups in total. The van der Waals surface area contributed by atoms with Crippen LogP contribution in [-0.4, -0.2) is 41.8 Å². The molecule has 0 radical (unpaired) electrons. The number of aryl methyl sites for hydroxylation is 1. The Balaban J connectivity index is 1.85. The van der Waals surface area contributed by atoms with Crippen molar-refractivity contribution in [3.05, 3.63) is 28.8 Å². The van der Waals surface area contributed by atoms with Gasteiger partial charge in [0.25, 0.3) is 10.0 Å². The third-order valence-corrected chi connectivity index (χ3v) is 6.49. The lowest BCUT2D eigenvalue weighted by Crippen LogP contribution is -2.47. The molecule has 1 saturated heterocycles. The number of ether oxygens (including phenoxy) is 1. The van der Waals surface area contributed by atoms with E-state index in [2.05, 4.69) is 10.0 Å². The lowest BCUT2D eigenvalue weighted by Gasteiger charge is -2.37. The summed E-state index contributed by atoms with van der Waals surface area (Å²) in [4.78, 5) is 0. The van der Waals surface area contributed by atoms with Crippen LogP contribution in [0.5, 0.6) is 0 Å². The Kier molecular flexibility index (Phi) is 5.41. The van der Waals surface area contributed by atoms with Crippen molar-refractivity contribution in [1.29, 1.82) is 0 Å². The fraction of sp³-hybridized carbons (Fsp3) is 0.529. The lowest BCUT2D eigenvalue weighted by atomic mass is 9.80. The highest BCUT2D eigenvalue weighted by Crippen LogP contribution is 2.32. The highest BCUT2D eigenvalue weighted by molar-refractivity contribution is 7.89. The molecule has 0 aliphatic carbocycles. The standard InChI is InChI=1S/C17H23ClN2O4S/c1-12-14-9-13(18)3-4-15(14)24-16(12)25(21,22)20-10-17(11-23-2)5-7-19-8-6-17/h3-4,9,19-20H,5-8,10-11H2,1-2H3. The molecule has 3 rings (SSSR count). The number of piperidine rings is 1. The molecule has 0 unspecified atom stereocenters. The number of furan rings is 1. The number of methoxy groups -OCH3 is 1. The fourth-order valence-corrected chi connectivity index (χ4v) is 4.89. The van der Waals surface area contributed by atoms with E-state index < -0.39 is 10.0 Å². The molecule has 2 aromatic rings. The van der Waals surface area contributed by atoms with E-state index >= 15 is 0 Å². The summed E-state index contributed by atoms with van der Waals surface area (Å²) in [6, 6.07) is 5.08. The Morgan fingerprint density at radius 1 is 1.36 bits per heavy atom. The highest BCUT2D eigenvalue weighted by Gasteiger charge is 2.34. The van der Waals surface area contributed by atoms with Crippen molar-refractivity contribution in [2.75, 3.05) is 33.4 Å². The predicted octanol–water partition coefficient (Wildman–Crippen LogP) is 2.69. The molecule has 25 heavy (non-hydrogen) atoms. The first-order valence-corrected chi connectivity index (χ1v) is 10.1. The van der Waals surface area contributed by atoms with E-state index in [9.17, 15) is 8.42 Å². The second-order valence-electron chi connectivity index (χ2n) is 6.66. The van der Waals surface area contributed by atoms with Crippen molar-refractivity contribution < 1.29 is 17.6 Å². The second kappa shape index (κ2) is 7.25. The Morgan fingerprint density at radius 3 is 2.76 bits per heavy atom. The van der Waals surface area contributed by atoms with E-state index in [1.54, 1.807) is 32.2 Å². The topological polar surface area (TPSA) is 80.6 Å². The monoisotopic (exact) mass is 386 g/mol. The first kappa shape index (κ1) is 18.7. The van der Waals surface area contributed by atoms with Gasteiger partial charge in [0.15, 0.2) is 0 Å². The number of sulfonamides is 1. The van der Waals surface area contributed by atoms with Gasteiger partial charge in [0.2, 0.25) is 5.09 Å². The van der Waals surface area contributed by atoms with Crippen LogP contribution >= 0.6 is 11.6 Å². The van der Waals surface area contributed by atoms with Gasteiger partial charge in [0.1, 0.15) is 5.58 Å². The summed E-state index contributed by atoms with van der Waals surface area (Å²) in [5, 5.41) is 4.50. The summed E-state index contributed by atoms with van der Waals surface area (Å²) in [6.07, 6.45) is 1.72. The third-order valence-electron chi connectivity index (χ3n) is 4.85. The number of hydrogen-bond donors (Lipinski definition) is 2. The zero-order valence-corrected chi connectivity index (χ0v) is 16.0. The molecule has 0 bridgehead atoms. The number of benzene rings is 1. The molecule has 0 amide bonds. The van der Waals surface area contributed by atoms with Crippen molar-refractivity contribution in [3.8, 4) is 0 Å². The maximum Gasteiger partial charge on any atom is 0.274 e. The van der Waals surface area contributed by atoms with Gasteiger partial charge >= 0.3 is 0 Å². The maximum absolute atomic E-state index is 12.8. The highest BCUT2D eigenvalue weighted by atomic mass is 35.5. The van der Waals surface area contributed by atoms with Crippen molar-refractivity contribution in [3.63, 3.8) is 0 Å². The molecule has 1 aliphatic rings. The van der Waals surface area contributed by atoms with Crippen LogP contribution < -0.4 is 10.0 Å². The average Bonchev–Trinajstić information content (AvgIpc) is 2.92. The average molecular weight is 387 g/mol. The van der Waals surface area contributed by atoms with Gasteiger partial charge in [-0.1, -0.05) is 11.6 Å². The summed E-state index contributed by atoms with van der Waals surface area (Å²) in [5.74, 6) is 0. The molecule has 1 aromatic carbocycles. The van der Waals surface area contributed by atoms with Crippen LogP contribution in [0.15, 0.2) is 27.7 Å². The number of hydrogen-bond acceptors (Lipinski definition) is 5. The van der Waals surface area contributed by atoms with E-state index in [4.69, 9.17) is 20.8 Å². The first-order chi connectivity index (χ1) is 11.9. The zero-order valence-electron chi connectivity index (χ0n) is 14.4. The molecule has 2 heterocycles. The SMILES string of the molecule is COCC1(CNS(=O)(=O)c2oc3ccc(Cl)cc3c2C)CCNCC1. The largest absolute Gasteiger partial charge is 0.443 e. The number of halogens is 1. The smallest absolute Gasteiger partial charge is 0.274 e. The summed E-state index contributed by atoms with van der Waals surface area (Å²) >= 11 is 6.00. The summed E-state index contributed by atoms with van der Waals surface area (Å²) < 4.78 is 39.3. The number of rotatable bonds is 6. The van der Waals surface area contributed by atoms with Crippen LogP contribution in [-0.2, 0) is 14.8 Å². The molecule has 1 aliphatic heterocycles. The van der Waals surface area contributed by atoms with Gasteiger partial charge in [0, 0.05) is 35.0 Å². The van der Waals surface area contributed by atoms with Gasteiger partial charge in [-0.15, -0.1) is 0 Å². The Hall–Kier alpha value is -1.12. The van der Waals surface area contributed by atoms with E-state index in [0.29, 0.717) is 34.7 Å². The van der Waals surface area contributed by atoms with Crippen molar-refractivity contribution in [1.82, 2.24) is 10.0 Å². The van der Waals surface area contributed by atoms with Crippen LogP contribution in [0.25, 0.3) is 11.0 Å². The van der Waals surface area contributed by atoms with Gasteiger partial charge < -0.3 is 14.5 Å². The molecule has 1 fully saturated rings. The molecule has 1 aromatic heterocycles. The minimum absolute atomic E-state index is 0.0498. The van der Waals surface area contributed by atoms with Crippen LogP contribution in [0.1, 0.15) is 18.4 Å². The molecule has 0 spiro atoms. The van der Waals surface area contributed by atoms with Crippen LogP contribution in [0, 0.1) is 12.3 Å². The maximum atomic E-state index is 12.8. The minimum atomic E-state index is -3.76. The molecule has 0 atom stereocenters. The Morgan fingerprint density at radius 2 is 2.08 bits per heavy atom. The van der Waals surface area contributed by atoms with Crippen molar-refractivity contribution in [2.24, 2.45) is 5.41 Å². The predicted molar refractivity (Wildman–Crippen MR) is 97.6 cm³/mol. The van der Waals surface area contributed by atoms with Crippen LogP contribution in [0.3, 0.4) is 0 Å². The van der Waals surface area contributed by atoms with Gasteiger partial charge in [-0.2, -0.15) is 0 Å². The van der Waals surface area contributed by atoms with Crippen molar-refractivity contribution in [2.45, 2.75) is 24.9 Å². The lowest BCUT2D eigenvalue weighted by molar-refractivity contribution is 0.0576. The van der Waals surface area contributed by atoms with E-state index in [-0.39, 0.29) is 10.5 Å². The Bertz CT molecular complexity index is 851. The number of fused-ring (bicyclic) bond motifs is 1. The van der Waals surface area contributed by atoms with Gasteiger partial charge in [-0.05, 0) is 51.1 Å². The fourth-order valence-electron chi connectivity index (χ4n) is 3.38. The number of nitrogens with one attached hydrogen (secondary N) is 2. The van der Waals surface area contributed by atoms with Gasteiger partial charge in [-0.25, -0.2) is 13.1 Å². The van der Waals surface area contributed by atoms with E-state index in [0.717, 1.165) is 25.9 Å². The summed E-state index contributed by atoms with van der Waals surface area (Å²) in [7, 11) is -2.11. The van der Waals surface area contributed by atoms with E-state index in [1.165, 1.54) is 0 Å². The second-order valence-corrected chi connectivity index (χ2v) is 8.77. The zero-order chi connectivity index (χ0) is 18.1. The van der Waals surface area contributed by atoms with Gasteiger partial charge in [-0.3, -0.25) is 0 Å². The molecule has 138 valence electrons. The van der Waals surface area contributed by atoms with Crippen molar-refractivity contribution >= 4 is 32.6 Å². The third kappa shape index (κ3) is 3.85.